The van der Waals surface area contributed by atoms with Crippen LogP contribution in [0, 0.1) is 6.92 Å². The molecule has 156 valence electrons. The zero-order chi connectivity index (χ0) is 21.5. The maximum absolute atomic E-state index is 12.6. The third kappa shape index (κ3) is 4.30. The molecule has 7 nitrogen and oxygen atoms in total. The molecular weight excluding hydrogens is 449 g/mol. The van der Waals surface area contributed by atoms with Gasteiger partial charge in [-0.25, -0.2) is 13.1 Å². The third-order valence-corrected chi connectivity index (χ3v) is 6.55. The van der Waals surface area contributed by atoms with Crippen molar-refractivity contribution in [3.05, 3.63) is 69.3 Å². The van der Waals surface area contributed by atoms with E-state index in [0.717, 1.165) is 5.56 Å². The van der Waals surface area contributed by atoms with Crippen molar-refractivity contribution in [2.24, 2.45) is 0 Å². The van der Waals surface area contributed by atoms with E-state index >= 15 is 0 Å². The largest absolute Gasteiger partial charge is 0.482 e. The minimum Gasteiger partial charge on any atom is -0.482 e. The fraction of sp³-hybridized carbons (Fsp3) is 0.200. The fourth-order valence-corrected chi connectivity index (χ4v) is 5.10. The van der Waals surface area contributed by atoms with Gasteiger partial charge >= 0.3 is 0 Å². The van der Waals surface area contributed by atoms with Gasteiger partial charge in [0.15, 0.2) is 16.4 Å². The zero-order valence-corrected chi connectivity index (χ0v) is 18.2. The molecule has 0 aliphatic carbocycles. The Labute approximate surface area is 183 Å². The monoisotopic (exact) mass is 465 g/mol. The summed E-state index contributed by atoms with van der Waals surface area (Å²) in [5.74, 6) is -0.155. The molecule has 0 unspecified atom stereocenters. The van der Waals surface area contributed by atoms with Gasteiger partial charge in [-0.05, 0) is 37.3 Å². The first kappa shape index (κ1) is 20.7. The van der Waals surface area contributed by atoms with Crippen LogP contribution < -0.4 is 10.1 Å². The molecule has 3 aromatic rings. The summed E-state index contributed by atoms with van der Waals surface area (Å²) in [6, 6.07) is 12.2. The number of nitrogens with zero attached hydrogens (tertiary/aromatic N) is 2. The number of carbonyl (C=O) groups excluding carboxylic acids is 1. The van der Waals surface area contributed by atoms with Gasteiger partial charge in [-0.1, -0.05) is 40.9 Å². The molecule has 2 aromatic carbocycles. The maximum atomic E-state index is 12.6. The molecule has 0 radical (unpaired) electrons. The van der Waals surface area contributed by atoms with E-state index in [9.17, 15) is 13.2 Å². The Morgan fingerprint density at radius 2 is 1.90 bits per heavy atom. The van der Waals surface area contributed by atoms with Crippen LogP contribution in [0.2, 0.25) is 10.0 Å². The van der Waals surface area contributed by atoms with E-state index in [0.29, 0.717) is 33.5 Å². The average Bonchev–Trinajstić information content (AvgIpc) is 3.14. The number of nitrogens with one attached hydrogen (secondary N) is 1. The fourth-order valence-electron chi connectivity index (χ4n) is 3.15. The van der Waals surface area contributed by atoms with Gasteiger partial charge in [-0.3, -0.25) is 4.79 Å². The first-order valence-electron chi connectivity index (χ1n) is 8.98. The van der Waals surface area contributed by atoms with E-state index in [-0.39, 0.29) is 23.1 Å². The highest BCUT2D eigenvalue weighted by Gasteiger charge is 2.33. The van der Waals surface area contributed by atoms with Gasteiger partial charge in [0.05, 0.1) is 27.9 Å². The number of anilines is 1. The molecule has 0 fully saturated rings. The van der Waals surface area contributed by atoms with Crippen LogP contribution in [0.1, 0.15) is 16.8 Å². The second-order valence-electron chi connectivity index (χ2n) is 6.97. The number of amides is 1. The van der Waals surface area contributed by atoms with Crippen LogP contribution in [0.5, 0.6) is 5.75 Å². The van der Waals surface area contributed by atoms with Gasteiger partial charge in [0.2, 0.25) is 0 Å². The number of aromatic nitrogens is 2. The molecule has 2 heterocycles. The van der Waals surface area contributed by atoms with E-state index in [2.05, 4.69) is 10.4 Å². The number of hydrogen-bond acceptors (Lipinski definition) is 5. The van der Waals surface area contributed by atoms with Crippen LogP contribution in [0.25, 0.3) is 5.69 Å². The van der Waals surface area contributed by atoms with Crippen molar-refractivity contribution >= 4 is 44.8 Å². The lowest BCUT2D eigenvalue weighted by molar-refractivity contribution is -0.118. The van der Waals surface area contributed by atoms with E-state index < -0.39 is 15.7 Å². The summed E-state index contributed by atoms with van der Waals surface area (Å²) in [6.45, 7) is 1.64. The van der Waals surface area contributed by atoms with Gasteiger partial charge in [0, 0.05) is 10.6 Å². The van der Waals surface area contributed by atoms with Gasteiger partial charge in [-0.15, -0.1) is 0 Å². The summed E-state index contributed by atoms with van der Waals surface area (Å²) in [4.78, 5) is 12.6. The lowest BCUT2D eigenvalue weighted by atomic mass is 10.2. The number of halogens is 2. The number of sulfone groups is 1. The third-order valence-electron chi connectivity index (χ3n) is 4.58. The number of fused-ring (bicyclic) bond motifs is 1. The summed E-state index contributed by atoms with van der Waals surface area (Å²) < 4.78 is 31.1. The van der Waals surface area contributed by atoms with Crippen LogP contribution >= 0.6 is 23.2 Å². The quantitative estimate of drug-likeness (QED) is 0.616. The predicted octanol–water partition coefficient (Wildman–Crippen LogP) is 3.93. The van der Waals surface area contributed by atoms with E-state index in [1.807, 2.05) is 31.2 Å². The van der Waals surface area contributed by atoms with Gasteiger partial charge in [0.1, 0.15) is 11.6 Å². The Morgan fingerprint density at radius 3 is 2.60 bits per heavy atom. The minimum atomic E-state index is -3.28. The molecule has 4 rings (SSSR count). The molecule has 1 N–H and O–H groups in total. The Morgan fingerprint density at radius 1 is 1.17 bits per heavy atom. The Bertz CT molecular complexity index is 1240. The number of aryl methyl sites for hydroxylation is 1. The number of ether oxygens (including phenoxy) is 1. The van der Waals surface area contributed by atoms with E-state index in [1.54, 1.807) is 16.8 Å². The summed E-state index contributed by atoms with van der Waals surface area (Å²) in [6.07, 6.45) is 0. The SMILES string of the molecule is Cc1ccc(-n2nc3c(c2NC(=O)COc2ccc(Cl)cc2Cl)CS(=O)(=O)C3)cc1. The molecule has 1 aromatic heterocycles. The second-order valence-corrected chi connectivity index (χ2v) is 9.87. The van der Waals surface area contributed by atoms with Crippen LogP contribution in [0.15, 0.2) is 42.5 Å². The molecule has 0 spiro atoms. The average molecular weight is 466 g/mol. The zero-order valence-electron chi connectivity index (χ0n) is 15.9. The highest BCUT2D eigenvalue weighted by Crippen LogP contribution is 2.33. The molecule has 1 aliphatic rings. The highest BCUT2D eigenvalue weighted by atomic mass is 35.5. The molecule has 1 amide bonds. The topological polar surface area (TPSA) is 90.3 Å². The van der Waals surface area contributed by atoms with Gasteiger partial charge in [0.25, 0.3) is 5.91 Å². The summed E-state index contributed by atoms with van der Waals surface area (Å²) in [5, 5.41) is 7.91. The standard InChI is InChI=1S/C20H17Cl2N3O4S/c1-12-2-5-14(6-3-12)25-20(15-10-30(27,28)11-17(15)24-25)23-19(26)9-29-18-7-4-13(21)8-16(18)22/h2-8H,9-11H2,1H3,(H,23,26). The van der Waals surface area contributed by atoms with Crippen LogP contribution in [-0.4, -0.2) is 30.7 Å². The number of benzene rings is 2. The highest BCUT2D eigenvalue weighted by molar-refractivity contribution is 7.90. The lowest BCUT2D eigenvalue weighted by Gasteiger charge is -2.12. The molecule has 0 bridgehead atoms. The molecule has 1 aliphatic heterocycles. The van der Waals surface area contributed by atoms with Crippen molar-refractivity contribution in [1.29, 1.82) is 0 Å². The first-order valence-corrected chi connectivity index (χ1v) is 11.6. The number of carbonyl (C=O) groups is 1. The normalized spacial score (nSPS) is 14.4. The first-order chi connectivity index (χ1) is 14.2. The molecule has 0 saturated carbocycles. The van der Waals surface area contributed by atoms with Crippen LogP contribution in [0.4, 0.5) is 5.82 Å². The minimum absolute atomic E-state index is 0.152. The van der Waals surface area contributed by atoms with Gasteiger partial charge in [-0.2, -0.15) is 5.10 Å². The van der Waals surface area contributed by atoms with Crippen molar-refractivity contribution in [2.75, 3.05) is 11.9 Å². The molecule has 30 heavy (non-hydrogen) atoms. The summed E-state index contributed by atoms with van der Waals surface area (Å²) in [5.41, 5.74) is 2.71. The number of hydrogen-bond donors (Lipinski definition) is 1. The second kappa shape index (κ2) is 7.94. The van der Waals surface area contributed by atoms with Crippen molar-refractivity contribution in [3.63, 3.8) is 0 Å². The summed E-state index contributed by atoms with van der Waals surface area (Å²) in [7, 11) is -3.28. The van der Waals surface area contributed by atoms with E-state index in [4.69, 9.17) is 27.9 Å². The number of rotatable bonds is 5. The van der Waals surface area contributed by atoms with Crippen LogP contribution in [0.3, 0.4) is 0 Å². The van der Waals surface area contributed by atoms with Crippen molar-refractivity contribution in [1.82, 2.24) is 9.78 Å². The lowest BCUT2D eigenvalue weighted by Crippen LogP contribution is -2.23. The Balaban J connectivity index is 1.59. The van der Waals surface area contributed by atoms with Crippen molar-refractivity contribution < 1.29 is 17.9 Å². The van der Waals surface area contributed by atoms with Gasteiger partial charge < -0.3 is 10.1 Å². The van der Waals surface area contributed by atoms with E-state index in [1.165, 1.54) is 6.07 Å². The molecule has 0 saturated heterocycles. The molecule has 0 atom stereocenters. The molecular formula is C20H17Cl2N3O4S. The summed E-state index contributed by atoms with van der Waals surface area (Å²) >= 11 is 11.9. The van der Waals surface area contributed by atoms with Crippen molar-refractivity contribution in [2.45, 2.75) is 18.4 Å². The Hall–Kier alpha value is -2.55. The van der Waals surface area contributed by atoms with Crippen molar-refractivity contribution in [3.8, 4) is 11.4 Å². The predicted molar refractivity (Wildman–Crippen MR) is 115 cm³/mol. The van der Waals surface area contributed by atoms with Crippen LogP contribution in [-0.2, 0) is 26.1 Å². The Kier molecular flexibility index (Phi) is 5.48. The molecule has 10 heteroatoms. The smallest absolute Gasteiger partial charge is 0.263 e. The maximum Gasteiger partial charge on any atom is 0.263 e.